The van der Waals surface area contributed by atoms with Crippen molar-refractivity contribution in [2.75, 3.05) is 11.9 Å². The van der Waals surface area contributed by atoms with Gasteiger partial charge in [-0.3, -0.25) is 9.59 Å². The molecule has 1 atom stereocenters. The van der Waals surface area contributed by atoms with Crippen LogP contribution in [-0.4, -0.2) is 35.4 Å². The molecule has 3 rings (SSSR count). The number of benzene rings is 2. The number of anilines is 1. The zero-order valence-corrected chi connectivity index (χ0v) is 15.4. The molecule has 144 valence electrons. The van der Waals surface area contributed by atoms with Gasteiger partial charge in [-0.05, 0) is 23.8 Å². The number of aromatic nitrogens is 1. The largest absolute Gasteiger partial charge is 0.454 e. The van der Waals surface area contributed by atoms with Gasteiger partial charge in [0.1, 0.15) is 6.04 Å². The number of amides is 2. The molecule has 0 aliphatic carbocycles. The van der Waals surface area contributed by atoms with E-state index in [9.17, 15) is 14.4 Å². The summed E-state index contributed by atoms with van der Waals surface area (Å²) in [6.07, 6.45) is 2.05. The molecule has 3 aromatic rings. The van der Waals surface area contributed by atoms with E-state index in [0.29, 0.717) is 5.69 Å². The maximum Gasteiger partial charge on any atom is 0.329 e. The lowest BCUT2D eigenvalue weighted by molar-refractivity contribution is -0.150. The zero-order chi connectivity index (χ0) is 19.9. The summed E-state index contributed by atoms with van der Waals surface area (Å²) in [5.41, 5.74) is 2.43. The van der Waals surface area contributed by atoms with Crippen molar-refractivity contribution in [1.29, 1.82) is 0 Å². The minimum atomic E-state index is -0.888. The second kappa shape index (κ2) is 8.85. The van der Waals surface area contributed by atoms with E-state index in [1.165, 1.54) is 6.92 Å². The molecule has 7 nitrogen and oxygen atoms in total. The van der Waals surface area contributed by atoms with E-state index in [1.807, 2.05) is 30.3 Å². The van der Waals surface area contributed by atoms with Gasteiger partial charge in [-0.1, -0.05) is 36.4 Å². The molecule has 0 fully saturated rings. The number of rotatable bonds is 7. The zero-order valence-electron chi connectivity index (χ0n) is 15.4. The molecule has 3 N–H and O–H groups in total. The second-order valence-electron chi connectivity index (χ2n) is 6.34. The van der Waals surface area contributed by atoms with Crippen molar-refractivity contribution in [2.45, 2.75) is 19.4 Å². The number of carbonyl (C=O) groups excluding carboxylic acids is 3. The van der Waals surface area contributed by atoms with Gasteiger partial charge in [-0.2, -0.15) is 0 Å². The first kappa shape index (κ1) is 19.2. The summed E-state index contributed by atoms with van der Waals surface area (Å²) < 4.78 is 5.12. The highest BCUT2D eigenvalue weighted by molar-refractivity contribution is 5.93. The maximum atomic E-state index is 12.5. The van der Waals surface area contributed by atoms with Gasteiger partial charge in [0.15, 0.2) is 6.61 Å². The predicted molar refractivity (Wildman–Crippen MR) is 106 cm³/mol. The van der Waals surface area contributed by atoms with E-state index in [4.69, 9.17) is 4.74 Å². The van der Waals surface area contributed by atoms with Crippen molar-refractivity contribution in [3.8, 4) is 0 Å². The molecule has 0 saturated heterocycles. The van der Waals surface area contributed by atoms with Crippen molar-refractivity contribution in [3.63, 3.8) is 0 Å². The molecule has 28 heavy (non-hydrogen) atoms. The quantitative estimate of drug-likeness (QED) is 0.549. The number of ether oxygens (including phenoxy) is 1. The number of H-pyrrole nitrogens is 1. The lowest BCUT2D eigenvalue weighted by atomic mass is 10.0. The molecular weight excluding hydrogens is 358 g/mol. The summed E-state index contributed by atoms with van der Waals surface area (Å²) >= 11 is 0. The van der Waals surface area contributed by atoms with Crippen molar-refractivity contribution in [1.82, 2.24) is 10.3 Å². The average molecular weight is 379 g/mol. The number of fused-ring (bicyclic) bond motifs is 1. The molecule has 2 amide bonds. The third-order valence-corrected chi connectivity index (χ3v) is 4.16. The Hall–Kier alpha value is -3.61. The average Bonchev–Trinajstić information content (AvgIpc) is 3.09. The third kappa shape index (κ3) is 4.97. The van der Waals surface area contributed by atoms with Crippen LogP contribution in [-0.2, 0) is 25.5 Å². The number of hydrogen-bond acceptors (Lipinski definition) is 4. The Morgan fingerprint density at radius 3 is 2.50 bits per heavy atom. The molecule has 0 radical (unpaired) electrons. The van der Waals surface area contributed by atoms with Crippen LogP contribution >= 0.6 is 0 Å². The minimum Gasteiger partial charge on any atom is -0.454 e. The van der Waals surface area contributed by atoms with Crippen LogP contribution in [0.4, 0.5) is 5.69 Å². The van der Waals surface area contributed by atoms with Gasteiger partial charge in [0.25, 0.3) is 5.91 Å². The van der Waals surface area contributed by atoms with E-state index >= 15 is 0 Å². The summed E-state index contributed by atoms with van der Waals surface area (Å²) in [6.45, 7) is 0.898. The first-order chi connectivity index (χ1) is 13.5. The van der Waals surface area contributed by atoms with Gasteiger partial charge in [0.05, 0.1) is 0 Å². The van der Waals surface area contributed by atoms with E-state index in [0.717, 1.165) is 16.5 Å². The number of carbonyl (C=O) groups is 3. The predicted octanol–water partition coefficient (Wildman–Crippen LogP) is 2.40. The fourth-order valence-electron chi connectivity index (χ4n) is 2.91. The Morgan fingerprint density at radius 2 is 1.75 bits per heavy atom. The van der Waals surface area contributed by atoms with Crippen molar-refractivity contribution in [2.24, 2.45) is 0 Å². The van der Waals surface area contributed by atoms with Gasteiger partial charge >= 0.3 is 5.97 Å². The Morgan fingerprint density at radius 1 is 1.04 bits per heavy atom. The van der Waals surface area contributed by atoms with Crippen LogP contribution in [0, 0.1) is 0 Å². The van der Waals surface area contributed by atoms with Gasteiger partial charge in [0.2, 0.25) is 5.91 Å². The Balaban J connectivity index is 1.63. The summed E-state index contributed by atoms with van der Waals surface area (Å²) in [4.78, 5) is 39.1. The summed E-state index contributed by atoms with van der Waals surface area (Å²) in [5, 5.41) is 6.20. The molecule has 0 aliphatic rings. The van der Waals surface area contributed by atoms with Crippen LogP contribution in [0.25, 0.3) is 10.9 Å². The van der Waals surface area contributed by atoms with E-state index in [-0.39, 0.29) is 12.3 Å². The first-order valence-corrected chi connectivity index (χ1v) is 8.86. The first-order valence-electron chi connectivity index (χ1n) is 8.86. The smallest absolute Gasteiger partial charge is 0.329 e. The third-order valence-electron chi connectivity index (χ3n) is 4.16. The lowest BCUT2D eigenvalue weighted by Crippen LogP contribution is -2.43. The molecule has 2 aromatic carbocycles. The lowest BCUT2D eigenvalue weighted by Gasteiger charge is -2.16. The summed E-state index contributed by atoms with van der Waals surface area (Å²) in [6, 6.07) is 15.7. The molecule has 1 aromatic heterocycles. The highest BCUT2D eigenvalue weighted by Gasteiger charge is 2.23. The van der Waals surface area contributed by atoms with Crippen LogP contribution in [0.2, 0.25) is 0 Å². The van der Waals surface area contributed by atoms with E-state index in [1.54, 1.807) is 30.5 Å². The molecule has 0 aliphatic heterocycles. The van der Waals surface area contributed by atoms with Crippen molar-refractivity contribution >= 4 is 34.4 Å². The number of para-hydroxylation sites is 2. The molecule has 0 bridgehead atoms. The molecule has 7 heteroatoms. The molecule has 0 saturated carbocycles. The molecule has 0 unspecified atom stereocenters. The van der Waals surface area contributed by atoms with E-state index < -0.39 is 24.5 Å². The number of esters is 1. The van der Waals surface area contributed by atoms with Crippen molar-refractivity contribution in [3.05, 3.63) is 66.4 Å². The number of hydrogen-bond donors (Lipinski definition) is 3. The monoisotopic (exact) mass is 379 g/mol. The number of nitrogens with one attached hydrogen (secondary N) is 3. The Labute approximate surface area is 162 Å². The highest BCUT2D eigenvalue weighted by Crippen LogP contribution is 2.19. The molecular formula is C21H21N3O4. The standard InChI is InChI=1S/C21H21N3O4/c1-14(25)23-19(11-15-12-22-18-10-6-5-9-17(15)18)21(27)28-13-20(26)24-16-7-3-2-4-8-16/h2-10,12,19,22H,11,13H2,1H3,(H,23,25)(H,24,26)/t19-/m0/s1. The van der Waals surface area contributed by atoms with Crippen LogP contribution in [0.1, 0.15) is 12.5 Å². The SMILES string of the molecule is CC(=O)N[C@@H](Cc1c[nH]c2ccccc12)C(=O)OCC(=O)Nc1ccccc1. The van der Waals surface area contributed by atoms with Crippen LogP contribution in [0.5, 0.6) is 0 Å². The second-order valence-corrected chi connectivity index (χ2v) is 6.34. The fourth-order valence-corrected chi connectivity index (χ4v) is 2.91. The Kier molecular flexibility index (Phi) is 6.06. The summed E-state index contributed by atoms with van der Waals surface area (Å²) in [7, 11) is 0. The molecule has 1 heterocycles. The van der Waals surface area contributed by atoms with E-state index in [2.05, 4.69) is 15.6 Å². The summed E-state index contributed by atoms with van der Waals surface area (Å²) in [5.74, 6) is -1.47. The maximum absolute atomic E-state index is 12.5. The van der Waals surface area contributed by atoms with Gasteiger partial charge in [0, 0.05) is 36.1 Å². The van der Waals surface area contributed by atoms with Gasteiger partial charge < -0.3 is 20.4 Å². The topological polar surface area (TPSA) is 100 Å². The van der Waals surface area contributed by atoms with Crippen LogP contribution in [0.15, 0.2) is 60.8 Å². The highest BCUT2D eigenvalue weighted by atomic mass is 16.5. The normalized spacial score (nSPS) is 11.6. The van der Waals surface area contributed by atoms with Gasteiger partial charge in [-0.15, -0.1) is 0 Å². The van der Waals surface area contributed by atoms with Crippen LogP contribution < -0.4 is 10.6 Å². The fraction of sp³-hybridized carbons (Fsp3) is 0.190. The molecule has 0 spiro atoms. The van der Waals surface area contributed by atoms with Crippen LogP contribution in [0.3, 0.4) is 0 Å². The minimum absolute atomic E-state index is 0.253. The van der Waals surface area contributed by atoms with Crippen molar-refractivity contribution < 1.29 is 19.1 Å². The Bertz CT molecular complexity index is 981. The number of aromatic amines is 1. The van der Waals surface area contributed by atoms with Gasteiger partial charge in [-0.25, -0.2) is 4.79 Å².